The third-order valence-electron chi connectivity index (χ3n) is 4.02. The van der Waals surface area contributed by atoms with Crippen molar-refractivity contribution < 1.29 is 9.90 Å². The fraction of sp³-hybridized carbons (Fsp3) is 0.533. The predicted octanol–water partition coefficient (Wildman–Crippen LogP) is 3.47. The summed E-state index contributed by atoms with van der Waals surface area (Å²) in [5.41, 5.74) is 0.716. The van der Waals surface area contributed by atoms with Gasteiger partial charge in [-0.05, 0) is 73.1 Å². The molecule has 0 aromatic heterocycles. The lowest BCUT2D eigenvalue weighted by Crippen LogP contribution is -2.47. The highest BCUT2D eigenvalue weighted by molar-refractivity contribution is 14.1. The van der Waals surface area contributed by atoms with E-state index in [-0.39, 0.29) is 6.42 Å². The molecule has 1 aromatic carbocycles. The van der Waals surface area contributed by atoms with Gasteiger partial charge in [-0.1, -0.05) is 18.6 Å². The van der Waals surface area contributed by atoms with E-state index in [0.717, 1.165) is 18.7 Å². The summed E-state index contributed by atoms with van der Waals surface area (Å²) in [6.07, 6.45) is 3.75. The monoisotopic (exact) mass is 373 g/mol. The Bertz CT molecular complexity index is 440. The normalized spacial score (nSPS) is 19.9. The van der Waals surface area contributed by atoms with Crippen molar-refractivity contribution in [3.05, 3.63) is 33.4 Å². The molecule has 1 aromatic rings. The number of carboxylic acid groups (broad SMARTS) is 1. The van der Waals surface area contributed by atoms with Crippen molar-refractivity contribution in [2.24, 2.45) is 0 Å². The van der Waals surface area contributed by atoms with E-state index < -0.39 is 11.5 Å². The third-order valence-corrected chi connectivity index (χ3v) is 4.73. The Morgan fingerprint density at radius 2 is 1.84 bits per heavy atom. The molecule has 19 heavy (non-hydrogen) atoms. The molecule has 0 bridgehead atoms. The first kappa shape index (κ1) is 14.8. The maximum atomic E-state index is 11.3. The number of hydrogen-bond acceptors (Lipinski definition) is 2. The maximum absolute atomic E-state index is 11.3. The van der Waals surface area contributed by atoms with Gasteiger partial charge in [-0.25, -0.2) is 0 Å². The Hall–Kier alpha value is -0.620. The van der Waals surface area contributed by atoms with Crippen molar-refractivity contribution in [2.45, 2.75) is 38.1 Å². The number of carbonyl (C=O) groups is 1. The molecule has 3 nitrogen and oxygen atoms in total. The largest absolute Gasteiger partial charge is 0.481 e. The molecule has 0 saturated carbocycles. The van der Waals surface area contributed by atoms with Crippen LogP contribution in [0.3, 0.4) is 0 Å². The minimum Gasteiger partial charge on any atom is -0.481 e. The van der Waals surface area contributed by atoms with Gasteiger partial charge < -0.3 is 5.11 Å². The molecule has 0 radical (unpaired) electrons. The van der Waals surface area contributed by atoms with Gasteiger partial charge in [0.25, 0.3) is 0 Å². The average Bonchev–Trinajstić information content (AvgIpc) is 2.39. The summed E-state index contributed by atoms with van der Waals surface area (Å²) in [4.78, 5) is 13.6. The zero-order valence-corrected chi connectivity index (χ0v) is 13.4. The lowest BCUT2D eigenvalue weighted by Gasteiger charge is -2.43. The number of likely N-dealkylation sites (tertiary alicyclic amines) is 1. The Labute approximate surface area is 128 Å². The lowest BCUT2D eigenvalue weighted by molar-refractivity contribution is -0.140. The van der Waals surface area contributed by atoms with Crippen molar-refractivity contribution in [2.75, 3.05) is 13.1 Å². The summed E-state index contributed by atoms with van der Waals surface area (Å²) in [5.74, 6) is -0.730. The Morgan fingerprint density at radius 3 is 2.37 bits per heavy atom. The molecule has 0 aliphatic carbocycles. The maximum Gasteiger partial charge on any atom is 0.305 e. The molecular weight excluding hydrogens is 353 g/mol. The molecule has 1 saturated heterocycles. The van der Waals surface area contributed by atoms with Crippen molar-refractivity contribution in [3.63, 3.8) is 0 Å². The van der Waals surface area contributed by atoms with E-state index in [1.165, 1.54) is 22.8 Å². The lowest BCUT2D eigenvalue weighted by atomic mass is 9.85. The number of piperidine rings is 1. The minimum absolute atomic E-state index is 0.160. The molecule has 1 heterocycles. The molecule has 1 aliphatic heterocycles. The van der Waals surface area contributed by atoms with Gasteiger partial charge in [0.2, 0.25) is 0 Å². The van der Waals surface area contributed by atoms with E-state index in [9.17, 15) is 9.90 Å². The van der Waals surface area contributed by atoms with Crippen molar-refractivity contribution in [1.82, 2.24) is 4.90 Å². The van der Waals surface area contributed by atoms with Gasteiger partial charge in [0.1, 0.15) is 0 Å². The second-order valence-corrected chi connectivity index (χ2v) is 6.64. The number of benzene rings is 1. The summed E-state index contributed by atoms with van der Waals surface area (Å²) in [6.45, 7) is 4.06. The fourth-order valence-corrected chi connectivity index (χ4v) is 3.25. The molecule has 4 heteroatoms. The number of nitrogens with zero attached hydrogens (tertiary/aromatic N) is 1. The van der Waals surface area contributed by atoms with Crippen LogP contribution in [0.5, 0.6) is 0 Å². The van der Waals surface area contributed by atoms with Crippen LogP contribution in [-0.4, -0.2) is 29.1 Å². The fourth-order valence-electron chi connectivity index (χ4n) is 2.89. The number of rotatable bonds is 4. The Balaban J connectivity index is 2.32. The summed E-state index contributed by atoms with van der Waals surface area (Å²) < 4.78 is 1.18. The predicted molar refractivity (Wildman–Crippen MR) is 84.2 cm³/mol. The molecule has 2 rings (SSSR count). The summed E-state index contributed by atoms with van der Waals surface area (Å²) in [7, 11) is 0. The van der Waals surface area contributed by atoms with E-state index in [1.54, 1.807) is 0 Å². The first-order valence-electron chi connectivity index (χ1n) is 6.75. The van der Waals surface area contributed by atoms with E-state index in [0.29, 0.717) is 0 Å². The van der Waals surface area contributed by atoms with E-state index in [1.807, 2.05) is 0 Å². The van der Waals surface area contributed by atoms with Crippen LogP contribution >= 0.6 is 22.6 Å². The third kappa shape index (κ3) is 3.48. The van der Waals surface area contributed by atoms with Crippen molar-refractivity contribution in [3.8, 4) is 0 Å². The van der Waals surface area contributed by atoms with Crippen LogP contribution in [0.2, 0.25) is 0 Å². The molecule has 1 atom stereocenters. The van der Waals surface area contributed by atoms with Crippen molar-refractivity contribution >= 4 is 28.6 Å². The van der Waals surface area contributed by atoms with Gasteiger partial charge in [-0.3, -0.25) is 9.69 Å². The smallest absolute Gasteiger partial charge is 0.305 e. The number of aliphatic carboxylic acids is 1. The molecule has 1 N–H and O–H groups in total. The number of carboxylic acids is 1. The highest BCUT2D eigenvalue weighted by Crippen LogP contribution is 2.34. The SMILES string of the molecule is CC(CC(=O)O)(c1ccc(I)cc1)N1CCCCC1. The first-order valence-corrected chi connectivity index (χ1v) is 7.83. The molecule has 0 amide bonds. The quantitative estimate of drug-likeness (QED) is 0.822. The van der Waals surface area contributed by atoms with Crippen LogP contribution in [0.1, 0.15) is 38.2 Å². The van der Waals surface area contributed by atoms with Crippen LogP contribution in [0.25, 0.3) is 0 Å². The van der Waals surface area contributed by atoms with E-state index in [2.05, 4.69) is 58.7 Å². The first-order chi connectivity index (χ1) is 9.02. The molecule has 1 aliphatic rings. The van der Waals surface area contributed by atoms with E-state index in [4.69, 9.17) is 0 Å². The Morgan fingerprint density at radius 1 is 1.26 bits per heavy atom. The van der Waals surface area contributed by atoms with Gasteiger partial charge in [0.05, 0.1) is 12.0 Å². The van der Waals surface area contributed by atoms with Gasteiger partial charge in [-0.2, -0.15) is 0 Å². The van der Waals surface area contributed by atoms with Crippen LogP contribution in [0.15, 0.2) is 24.3 Å². The van der Waals surface area contributed by atoms with Crippen LogP contribution in [-0.2, 0) is 10.3 Å². The highest BCUT2D eigenvalue weighted by atomic mass is 127. The average molecular weight is 373 g/mol. The van der Waals surface area contributed by atoms with Crippen LogP contribution in [0.4, 0.5) is 0 Å². The second-order valence-electron chi connectivity index (χ2n) is 5.40. The Kier molecular flexibility index (Phi) is 4.84. The zero-order valence-electron chi connectivity index (χ0n) is 11.2. The highest BCUT2D eigenvalue weighted by Gasteiger charge is 2.36. The van der Waals surface area contributed by atoms with Crippen LogP contribution in [0, 0.1) is 3.57 Å². The molecule has 1 fully saturated rings. The standard InChI is InChI=1S/C15H20INO2/c1-15(11-14(18)19,17-9-3-2-4-10-17)12-5-7-13(16)8-6-12/h5-8H,2-4,9-11H2,1H3,(H,18,19). The van der Waals surface area contributed by atoms with Gasteiger partial charge in [0.15, 0.2) is 0 Å². The van der Waals surface area contributed by atoms with Gasteiger partial charge in [-0.15, -0.1) is 0 Å². The van der Waals surface area contributed by atoms with E-state index >= 15 is 0 Å². The van der Waals surface area contributed by atoms with Crippen molar-refractivity contribution in [1.29, 1.82) is 0 Å². The second kappa shape index (κ2) is 6.22. The minimum atomic E-state index is -0.730. The molecule has 104 valence electrons. The number of halogens is 1. The summed E-state index contributed by atoms with van der Waals surface area (Å²) >= 11 is 2.27. The summed E-state index contributed by atoms with van der Waals surface area (Å²) in [5, 5.41) is 9.27. The van der Waals surface area contributed by atoms with Gasteiger partial charge >= 0.3 is 5.97 Å². The topological polar surface area (TPSA) is 40.5 Å². The molecular formula is C15H20INO2. The van der Waals surface area contributed by atoms with Gasteiger partial charge in [0, 0.05) is 3.57 Å². The molecule has 0 spiro atoms. The number of hydrogen-bond donors (Lipinski definition) is 1. The zero-order chi connectivity index (χ0) is 13.9. The van der Waals surface area contributed by atoms with Crippen LogP contribution < -0.4 is 0 Å². The molecule has 1 unspecified atom stereocenters. The summed E-state index contributed by atoms with van der Waals surface area (Å²) in [6, 6.07) is 8.25.